The van der Waals surface area contributed by atoms with Gasteiger partial charge in [-0.1, -0.05) is 6.42 Å². The van der Waals surface area contributed by atoms with Crippen molar-refractivity contribution in [1.29, 1.82) is 0 Å². The lowest BCUT2D eigenvalue weighted by atomic mass is 10.2. The molecule has 0 fully saturated rings. The van der Waals surface area contributed by atoms with Crippen molar-refractivity contribution < 1.29 is 71.8 Å². The van der Waals surface area contributed by atoms with E-state index in [0.29, 0.717) is 175 Å². The summed E-state index contributed by atoms with van der Waals surface area (Å²) < 4.78 is 36.3. The normalized spacial score (nSPS) is 10.7. The molecule has 59 heavy (non-hydrogen) atoms. The molecule has 0 spiro atoms. The summed E-state index contributed by atoms with van der Waals surface area (Å²) in [5.74, 6) is -1.70. The summed E-state index contributed by atoms with van der Waals surface area (Å²) >= 11 is 0. The zero-order chi connectivity index (χ0) is 43.4. The molecule has 0 rings (SSSR count). The molecule has 0 aliphatic rings. The minimum atomic E-state index is -0.263. The highest BCUT2D eigenvalue weighted by Crippen LogP contribution is 2.10. The number of unbranched alkanes of at least 4 members (excludes halogenated alkanes) is 14. The summed E-state index contributed by atoms with van der Waals surface area (Å²) in [6, 6.07) is 0. The standard InChI is InChI=1S/C44H76O15/c1-2-53-38(46)24-11-4-18-32-55-40(48)26-13-6-20-34-57-42(50)28-15-8-22-36-59-44(52)30-16-9-23-37-58-43(51)29-14-7-21-35-56-41(49)27-12-5-19-33-54-39(47)25-10-3-17-31-45/h45H,2-37H2,1H3. The van der Waals surface area contributed by atoms with Gasteiger partial charge in [0, 0.05) is 51.6 Å². The summed E-state index contributed by atoms with van der Waals surface area (Å²) in [7, 11) is 0. The Morgan fingerprint density at radius 3 is 0.644 bits per heavy atom. The average Bonchev–Trinajstić information content (AvgIpc) is 3.21. The van der Waals surface area contributed by atoms with Crippen molar-refractivity contribution in [3.8, 4) is 0 Å². The summed E-state index contributed by atoms with van der Waals surface area (Å²) in [5.41, 5.74) is 0. The molecule has 0 aromatic carbocycles. The quantitative estimate of drug-likeness (QED) is 0.0355. The van der Waals surface area contributed by atoms with Gasteiger partial charge in [0.2, 0.25) is 0 Å². The van der Waals surface area contributed by atoms with Crippen LogP contribution in [-0.4, -0.2) is 99.7 Å². The minimum Gasteiger partial charge on any atom is -0.466 e. The number of esters is 7. The molecule has 0 saturated carbocycles. The summed E-state index contributed by atoms with van der Waals surface area (Å²) in [6.45, 7) is 4.24. The summed E-state index contributed by atoms with van der Waals surface area (Å²) in [5, 5.41) is 8.74. The highest BCUT2D eigenvalue weighted by molar-refractivity contribution is 5.71. The number of ether oxygens (including phenoxy) is 7. The second-order valence-electron chi connectivity index (χ2n) is 14.5. The first-order valence-corrected chi connectivity index (χ1v) is 22.4. The van der Waals surface area contributed by atoms with Gasteiger partial charge < -0.3 is 38.3 Å². The number of carbonyl (C=O) groups excluding carboxylic acids is 7. The van der Waals surface area contributed by atoms with E-state index in [1.807, 2.05) is 0 Å². The first kappa shape index (κ1) is 55.2. The Hall–Kier alpha value is -3.75. The average molecular weight is 845 g/mol. The van der Waals surface area contributed by atoms with Gasteiger partial charge in [-0.3, -0.25) is 33.6 Å². The monoisotopic (exact) mass is 845 g/mol. The fraction of sp³-hybridized carbons (Fsp3) is 0.841. The fourth-order valence-electron chi connectivity index (χ4n) is 5.63. The molecule has 0 aromatic rings. The van der Waals surface area contributed by atoms with Crippen LogP contribution in [-0.2, 0) is 66.7 Å². The van der Waals surface area contributed by atoms with Crippen molar-refractivity contribution in [2.24, 2.45) is 0 Å². The van der Waals surface area contributed by atoms with Gasteiger partial charge in [-0.25, -0.2) is 0 Å². The van der Waals surface area contributed by atoms with Crippen molar-refractivity contribution in [2.75, 3.05) is 52.9 Å². The van der Waals surface area contributed by atoms with Crippen LogP contribution in [0.25, 0.3) is 0 Å². The van der Waals surface area contributed by atoms with Crippen LogP contribution >= 0.6 is 0 Å². The predicted molar refractivity (Wildman–Crippen MR) is 219 cm³/mol. The molecule has 0 atom stereocenters. The van der Waals surface area contributed by atoms with E-state index in [-0.39, 0.29) is 48.4 Å². The largest absolute Gasteiger partial charge is 0.466 e. The zero-order valence-corrected chi connectivity index (χ0v) is 36.1. The number of carbonyl (C=O) groups is 7. The molecule has 0 heterocycles. The Morgan fingerprint density at radius 2 is 0.458 bits per heavy atom. The van der Waals surface area contributed by atoms with Crippen LogP contribution in [0.2, 0.25) is 0 Å². The molecule has 0 bridgehead atoms. The van der Waals surface area contributed by atoms with Crippen molar-refractivity contribution >= 4 is 41.8 Å². The minimum absolute atomic E-state index is 0.137. The predicted octanol–water partition coefficient (Wildman–Crippen LogP) is 7.72. The van der Waals surface area contributed by atoms with Crippen LogP contribution in [0.5, 0.6) is 0 Å². The number of hydrogen-bond donors (Lipinski definition) is 1. The highest BCUT2D eigenvalue weighted by Gasteiger charge is 2.09. The van der Waals surface area contributed by atoms with Crippen molar-refractivity contribution in [2.45, 2.75) is 187 Å². The Morgan fingerprint density at radius 1 is 0.271 bits per heavy atom. The molecule has 0 amide bonds. The van der Waals surface area contributed by atoms with Crippen LogP contribution < -0.4 is 0 Å². The molecule has 1 N–H and O–H groups in total. The zero-order valence-electron chi connectivity index (χ0n) is 36.1. The van der Waals surface area contributed by atoms with E-state index in [0.717, 1.165) is 51.4 Å². The Labute approximate surface area is 352 Å². The van der Waals surface area contributed by atoms with Crippen LogP contribution in [0, 0.1) is 0 Å². The van der Waals surface area contributed by atoms with Crippen molar-refractivity contribution in [1.82, 2.24) is 0 Å². The molecule has 0 radical (unpaired) electrons. The number of aliphatic hydroxyl groups is 1. The Kier molecular flexibility index (Phi) is 39.7. The molecule has 0 aromatic heterocycles. The van der Waals surface area contributed by atoms with Gasteiger partial charge in [-0.2, -0.15) is 0 Å². The number of rotatable bonds is 42. The number of aliphatic hydroxyl groups excluding tert-OH is 1. The maximum absolute atomic E-state index is 12.0. The van der Waals surface area contributed by atoms with E-state index in [2.05, 4.69) is 0 Å². The molecule has 15 nitrogen and oxygen atoms in total. The van der Waals surface area contributed by atoms with E-state index in [9.17, 15) is 33.6 Å². The first-order chi connectivity index (χ1) is 28.7. The van der Waals surface area contributed by atoms with Crippen LogP contribution in [0.3, 0.4) is 0 Å². The van der Waals surface area contributed by atoms with Gasteiger partial charge in [0.05, 0.1) is 46.2 Å². The maximum Gasteiger partial charge on any atom is 0.305 e. The lowest BCUT2D eigenvalue weighted by molar-refractivity contribution is -0.146. The molecular formula is C44H76O15. The van der Waals surface area contributed by atoms with Gasteiger partial charge in [-0.15, -0.1) is 0 Å². The second-order valence-corrected chi connectivity index (χ2v) is 14.5. The highest BCUT2D eigenvalue weighted by atomic mass is 16.6. The molecular weight excluding hydrogens is 768 g/mol. The van der Waals surface area contributed by atoms with E-state index in [1.54, 1.807) is 6.92 Å². The van der Waals surface area contributed by atoms with Gasteiger partial charge >= 0.3 is 41.8 Å². The summed E-state index contributed by atoms with van der Waals surface area (Å²) in [6.07, 6.45) is 17.2. The summed E-state index contributed by atoms with van der Waals surface area (Å²) in [4.78, 5) is 82.4. The molecule has 0 saturated heterocycles. The van der Waals surface area contributed by atoms with Crippen LogP contribution in [0.4, 0.5) is 0 Å². The third-order valence-corrected chi connectivity index (χ3v) is 9.07. The third-order valence-electron chi connectivity index (χ3n) is 9.07. The third kappa shape index (κ3) is 42.2. The van der Waals surface area contributed by atoms with Gasteiger partial charge in [0.15, 0.2) is 0 Å². The molecule has 0 unspecified atom stereocenters. The smallest absolute Gasteiger partial charge is 0.305 e. The molecule has 342 valence electrons. The Balaban J connectivity index is 3.47. The van der Waals surface area contributed by atoms with E-state index in [1.165, 1.54) is 0 Å². The lowest BCUT2D eigenvalue weighted by Gasteiger charge is -2.07. The van der Waals surface area contributed by atoms with E-state index in [4.69, 9.17) is 38.3 Å². The van der Waals surface area contributed by atoms with Crippen molar-refractivity contribution in [3.05, 3.63) is 0 Å². The topological polar surface area (TPSA) is 204 Å². The van der Waals surface area contributed by atoms with Gasteiger partial charge in [0.1, 0.15) is 0 Å². The SMILES string of the molecule is CCOC(=O)CCCCCOC(=O)CCCCCOC(=O)CCCCCOC(=O)CCCCCOC(=O)CCCCCOC(=O)CCCCCOC(=O)CCCCCO. The van der Waals surface area contributed by atoms with Gasteiger partial charge in [-0.05, 0) is 135 Å². The lowest BCUT2D eigenvalue weighted by Crippen LogP contribution is -2.08. The van der Waals surface area contributed by atoms with Crippen LogP contribution in [0.1, 0.15) is 187 Å². The van der Waals surface area contributed by atoms with Crippen molar-refractivity contribution in [3.63, 3.8) is 0 Å². The number of hydrogen-bond acceptors (Lipinski definition) is 15. The Bertz CT molecular complexity index is 1110. The van der Waals surface area contributed by atoms with Crippen LogP contribution in [0.15, 0.2) is 0 Å². The second kappa shape index (κ2) is 42.4. The molecule has 0 aliphatic carbocycles. The van der Waals surface area contributed by atoms with E-state index < -0.39 is 0 Å². The van der Waals surface area contributed by atoms with E-state index >= 15 is 0 Å². The molecule has 15 heteroatoms. The maximum atomic E-state index is 12.0. The molecule has 0 aliphatic heterocycles. The van der Waals surface area contributed by atoms with Gasteiger partial charge in [0.25, 0.3) is 0 Å². The first-order valence-electron chi connectivity index (χ1n) is 22.4. The fourth-order valence-corrected chi connectivity index (χ4v) is 5.63.